The highest BCUT2D eigenvalue weighted by Crippen LogP contribution is 2.37. The summed E-state index contributed by atoms with van der Waals surface area (Å²) in [5, 5.41) is 12.3. The molecule has 0 aliphatic carbocycles. The molecule has 2 aliphatic heterocycles. The summed E-state index contributed by atoms with van der Waals surface area (Å²) in [4.78, 5) is 66.2. The zero-order valence-corrected chi connectivity index (χ0v) is 36.0. The molecule has 13 nitrogen and oxygen atoms in total. The average molecular weight is 836 g/mol. The lowest BCUT2D eigenvalue weighted by Gasteiger charge is -2.32. The number of nitrogens with zero attached hydrogens (tertiary/aromatic N) is 4. The Kier molecular flexibility index (Phi) is 13.6. The summed E-state index contributed by atoms with van der Waals surface area (Å²) in [6.45, 7) is 13.5. The highest BCUT2D eigenvalue weighted by atomic mass is 19.1. The third-order valence-corrected chi connectivity index (χ3v) is 12.3. The zero-order chi connectivity index (χ0) is 43.7. The molecule has 326 valence electrons. The van der Waals surface area contributed by atoms with Crippen LogP contribution in [-0.4, -0.2) is 118 Å². The molecule has 8 atom stereocenters. The van der Waals surface area contributed by atoms with Crippen LogP contribution in [-0.2, 0) is 32.1 Å². The van der Waals surface area contributed by atoms with E-state index in [2.05, 4.69) is 33.2 Å². The largest absolute Gasteiger partial charge is 0.352 e. The van der Waals surface area contributed by atoms with Crippen molar-refractivity contribution in [1.29, 1.82) is 0 Å². The van der Waals surface area contributed by atoms with Crippen LogP contribution in [0.15, 0.2) is 36.4 Å². The fourth-order valence-corrected chi connectivity index (χ4v) is 8.68. The molecule has 2 fully saturated rings. The molecule has 2 aliphatic rings. The van der Waals surface area contributed by atoms with E-state index in [-0.39, 0.29) is 67.4 Å². The van der Waals surface area contributed by atoms with Crippen LogP contribution in [0.25, 0.3) is 33.5 Å². The fraction of sp³-hybridized carbons (Fsp3) is 0.568. The highest BCUT2D eigenvalue weighted by Gasteiger charge is 2.42. The molecule has 2 aromatic carbocycles. The van der Waals surface area contributed by atoms with Gasteiger partial charge in [0.15, 0.2) is 5.82 Å². The summed E-state index contributed by atoms with van der Waals surface area (Å²) in [5.74, 6) is -2.11. The number of fused-ring (bicyclic) bond motifs is 2. The molecule has 4 heterocycles. The first-order valence-corrected chi connectivity index (χ1v) is 21.1. The number of likely N-dealkylation sites (N-methyl/N-ethyl adjacent to an activating group) is 2. The van der Waals surface area contributed by atoms with Crippen molar-refractivity contribution < 1.29 is 32.3 Å². The van der Waals surface area contributed by atoms with Crippen LogP contribution in [0.5, 0.6) is 0 Å². The van der Waals surface area contributed by atoms with Gasteiger partial charge in [-0.1, -0.05) is 34.6 Å². The van der Waals surface area contributed by atoms with E-state index in [0.717, 1.165) is 0 Å². The molecule has 6 rings (SSSR count). The maximum atomic E-state index is 15.5. The second-order valence-electron chi connectivity index (χ2n) is 17.5. The lowest BCUT2D eigenvalue weighted by molar-refractivity contribution is -0.139. The van der Waals surface area contributed by atoms with Crippen LogP contribution >= 0.6 is 0 Å². The standard InChI is InChI=1S/C44H60F3N9O4/c1-22(2)37(52-41(57)25(6)48-8)43(59)54-19-24(5)14-31(54)21-56-36-13-11-28(46)17-35(36)51-40(56)39-33(32-12-10-27(45)16-34(32)50-39)18-30-15-29(47)20-55(30)44(60)38(23(3)4)53-42(58)26(7)49-9/h10-13,16-17,22-26,29-31,37-38,48-50H,14-15,18-21H2,1-9H3,(H,52,57)(H,53,58). The van der Waals surface area contributed by atoms with Gasteiger partial charge in [0.2, 0.25) is 23.6 Å². The molecule has 2 saturated heterocycles. The average Bonchev–Trinajstić information content (AvgIpc) is 3.96. The lowest BCUT2D eigenvalue weighted by atomic mass is 9.98. The van der Waals surface area contributed by atoms with Gasteiger partial charge in [-0.05, 0) is 94.4 Å². The topological polar surface area (TPSA) is 156 Å². The number of likely N-dealkylation sites (tertiary alicyclic amines) is 2. The van der Waals surface area contributed by atoms with Crippen LogP contribution in [0, 0.1) is 29.4 Å². The van der Waals surface area contributed by atoms with Gasteiger partial charge in [-0.25, -0.2) is 18.2 Å². The molecule has 8 unspecified atom stereocenters. The van der Waals surface area contributed by atoms with E-state index in [0.29, 0.717) is 52.0 Å². The zero-order valence-electron chi connectivity index (χ0n) is 36.0. The van der Waals surface area contributed by atoms with Crippen LogP contribution in [0.2, 0.25) is 0 Å². The molecular weight excluding hydrogens is 776 g/mol. The number of rotatable bonds is 15. The van der Waals surface area contributed by atoms with Crippen LogP contribution in [0.4, 0.5) is 13.2 Å². The molecule has 4 amide bonds. The quantitative estimate of drug-likeness (QED) is 0.117. The Morgan fingerprint density at radius 1 is 0.800 bits per heavy atom. The first-order valence-electron chi connectivity index (χ1n) is 21.1. The van der Waals surface area contributed by atoms with Crippen molar-refractivity contribution in [2.75, 3.05) is 27.2 Å². The number of H-pyrrole nitrogens is 1. The fourth-order valence-electron chi connectivity index (χ4n) is 8.68. The van der Waals surface area contributed by atoms with Gasteiger partial charge < -0.3 is 40.6 Å². The van der Waals surface area contributed by atoms with Gasteiger partial charge in [0, 0.05) is 42.5 Å². The third-order valence-electron chi connectivity index (χ3n) is 12.3. The Morgan fingerprint density at radius 3 is 1.95 bits per heavy atom. The predicted octanol–water partition coefficient (Wildman–Crippen LogP) is 4.68. The van der Waals surface area contributed by atoms with Crippen LogP contribution in [0.3, 0.4) is 0 Å². The minimum Gasteiger partial charge on any atom is -0.352 e. The van der Waals surface area contributed by atoms with Gasteiger partial charge >= 0.3 is 0 Å². The molecule has 0 saturated carbocycles. The number of nitrogens with one attached hydrogen (secondary N) is 5. The van der Waals surface area contributed by atoms with Gasteiger partial charge in [-0.2, -0.15) is 0 Å². The lowest BCUT2D eigenvalue weighted by Crippen LogP contribution is -2.55. The van der Waals surface area contributed by atoms with E-state index < -0.39 is 53.9 Å². The van der Waals surface area contributed by atoms with Crippen molar-refractivity contribution in [1.82, 2.24) is 45.6 Å². The molecule has 2 aromatic heterocycles. The van der Waals surface area contributed by atoms with E-state index in [9.17, 15) is 28.0 Å². The number of carbonyl (C=O) groups is 4. The van der Waals surface area contributed by atoms with Gasteiger partial charge in [-0.3, -0.25) is 19.2 Å². The van der Waals surface area contributed by atoms with E-state index in [1.807, 2.05) is 37.2 Å². The summed E-state index contributed by atoms with van der Waals surface area (Å²) < 4.78 is 47.1. The minimum atomic E-state index is -1.31. The number of hydrogen-bond donors (Lipinski definition) is 5. The summed E-state index contributed by atoms with van der Waals surface area (Å²) in [5.41, 5.74) is 2.60. The molecule has 5 N–H and O–H groups in total. The van der Waals surface area contributed by atoms with E-state index >= 15 is 4.39 Å². The van der Waals surface area contributed by atoms with Crippen molar-refractivity contribution >= 4 is 45.6 Å². The number of imidazole rings is 1. The van der Waals surface area contributed by atoms with E-state index in [4.69, 9.17) is 4.98 Å². The molecule has 4 aromatic rings. The molecule has 0 spiro atoms. The Bertz CT molecular complexity index is 2070. The first-order chi connectivity index (χ1) is 28.4. The molecule has 0 bridgehead atoms. The van der Waals surface area contributed by atoms with Gasteiger partial charge in [0.05, 0.1) is 41.4 Å². The monoisotopic (exact) mass is 835 g/mol. The number of benzene rings is 2. The number of carbonyl (C=O) groups excluding carboxylic acids is 4. The van der Waals surface area contributed by atoms with Gasteiger partial charge in [-0.15, -0.1) is 0 Å². The Labute approximate surface area is 349 Å². The van der Waals surface area contributed by atoms with Gasteiger partial charge in [0.25, 0.3) is 0 Å². The number of aromatic amines is 1. The van der Waals surface area contributed by atoms with Crippen molar-refractivity contribution in [3.05, 3.63) is 53.6 Å². The van der Waals surface area contributed by atoms with Crippen molar-refractivity contribution in [3.8, 4) is 11.5 Å². The molecular formula is C44H60F3N9O4. The van der Waals surface area contributed by atoms with Crippen LogP contribution < -0.4 is 21.3 Å². The summed E-state index contributed by atoms with van der Waals surface area (Å²) in [6, 6.07) is 5.02. The van der Waals surface area contributed by atoms with Crippen molar-refractivity contribution in [3.63, 3.8) is 0 Å². The first kappa shape index (κ1) is 44.6. The maximum Gasteiger partial charge on any atom is 0.245 e. The third kappa shape index (κ3) is 9.19. The Balaban J connectivity index is 1.41. The molecule has 0 radical (unpaired) electrons. The number of amides is 4. The number of aromatic nitrogens is 3. The smallest absolute Gasteiger partial charge is 0.245 e. The van der Waals surface area contributed by atoms with Crippen molar-refractivity contribution in [2.45, 2.75) is 117 Å². The molecule has 60 heavy (non-hydrogen) atoms. The summed E-state index contributed by atoms with van der Waals surface area (Å²) in [7, 11) is 3.33. The second-order valence-corrected chi connectivity index (χ2v) is 17.5. The van der Waals surface area contributed by atoms with E-state index in [1.165, 1.54) is 29.2 Å². The predicted molar refractivity (Wildman–Crippen MR) is 226 cm³/mol. The Morgan fingerprint density at radius 2 is 1.37 bits per heavy atom. The normalized spacial score (nSPS) is 21.6. The Hall–Kier alpha value is -4.96. The maximum absolute atomic E-state index is 15.5. The minimum absolute atomic E-state index is 0.0457. The molecule has 16 heteroatoms. The SMILES string of the molecule is CNC(C)C(=O)NC(C(=O)N1CC(C)CC1Cn1c(-c2[nH]c3cc(F)ccc3c2CC2CC(F)CN2C(=O)C(NC(=O)C(C)NC)C(C)C)nc2cc(F)ccc21)C(C)C. The highest BCUT2D eigenvalue weighted by molar-refractivity contribution is 5.93. The van der Waals surface area contributed by atoms with Gasteiger partial charge in [0.1, 0.15) is 29.9 Å². The van der Waals surface area contributed by atoms with Crippen molar-refractivity contribution in [2.24, 2.45) is 17.8 Å². The van der Waals surface area contributed by atoms with Crippen LogP contribution in [0.1, 0.15) is 66.9 Å². The number of alkyl halides is 1. The van der Waals surface area contributed by atoms with E-state index in [1.54, 1.807) is 40.1 Å². The number of hydrogen-bond acceptors (Lipinski definition) is 7. The summed E-state index contributed by atoms with van der Waals surface area (Å²) >= 11 is 0. The summed E-state index contributed by atoms with van der Waals surface area (Å²) in [6.07, 6.45) is -0.446. The second kappa shape index (κ2) is 18.3. The number of halogens is 3.